The Morgan fingerprint density at radius 2 is 2.25 bits per heavy atom. The highest BCUT2D eigenvalue weighted by Gasteiger charge is 2.21. The predicted molar refractivity (Wildman–Crippen MR) is 94.8 cm³/mol. The van der Waals surface area contributed by atoms with Crippen LogP contribution in [0.25, 0.3) is 38.4 Å². The molecule has 0 aliphatic rings. The second-order valence-corrected chi connectivity index (χ2v) is 6.29. The van der Waals surface area contributed by atoms with E-state index in [0.29, 0.717) is 26.7 Å². The smallest absolute Gasteiger partial charge is 0.261 e. The normalized spacial score (nSPS) is 11.9. The number of nitrogens with zero attached hydrogens (tertiary/aromatic N) is 2. The lowest BCUT2D eigenvalue weighted by molar-refractivity contribution is 0.416. The van der Waals surface area contributed by atoms with Crippen molar-refractivity contribution in [2.24, 2.45) is 0 Å². The molecule has 0 radical (unpaired) electrons. The number of H-pyrrole nitrogens is 1. The molecule has 7 heteroatoms. The number of hydrogen-bond donors (Lipinski definition) is 1. The summed E-state index contributed by atoms with van der Waals surface area (Å²) in [4.78, 5) is 19.9. The third-order valence-corrected chi connectivity index (χ3v) is 5.01. The summed E-state index contributed by atoms with van der Waals surface area (Å²) in [6, 6.07) is 5.66. The molecule has 0 aliphatic carbocycles. The monoisotopic (exact) mass is 383 g/mol. The van der Waals surface area contributed by atoms with Gasteiger partial charge in [0.15, 0.2) is 5.75 Å². The van der Waals surface area contributed by atoms with Crippen molar-refractivity contribution < 1.29 is 9.15 Å². The average molecular weight is 384 g/mol. The zero-order valence-corrected chi connectivity index (χ0v) is 14.0. The lowest BCUT2D eigenvalue weighted by Crippen LogP contribution is -1.97. The zero-order chi connectivity index (χ0) is 16.4. The van der Waals surface area contributed by atoms with E-state index < -0.39 is 0 Å². The molecule has 5 aromatic heterocycles. The molecule has 0 spiro atoms. The third kappa shape index (κ3) is 1.54. The highest BCUT2D eigenvalue weighted by molar-refractivity contribution is 9.10. The van der Waals surface area contributed by atoms with E-state index in [-0.39, 0.29) is 5.56 Å². The molecule has 5 rings (SSSR count). The van der Waals surface area contributed by atoms with Crippen LogP contribution in [0.15, 0.2) is 50.5 Å². The van der Waals surface area contributed by atoms with Crippen molar-refractivity contribution in [1.29, 1.82) is 0 Å². The lowest BCUT2D eigenvalue weighted by atomic mass is 10.2. The SMILES string of the molecule is COc1c(Br)c2[nH]c(=O)c3c4occcc4cc4cncc1n4c23. The van der Waals surface area contributed by atoms with Gasteiger partial charge in [-0.2, -0.15) is 0 Å². The fraction of sp³-hybridized carbons (Fsp3) is 0.0588. The van der Waals surface area contributed by atoms with Gasteiger partial charge in [-0.15, -0.1) is 0 Å². The van der Waals surface area contributed by atoms with Gasteiger partial charge in [-0.25, -0.2) is 0 Å². The van der Waals surface area contributed by atoms with Crippen LogP contribution in [0.3, 0.4) is 0 Å². The van der Waals surface area contributed by atoms with Crippen molar-refractivity contribution in [2.75, 3.05) is 7.11 Å². The minimum atomic E-state index is -0.206. The molecule has 0 saturated heterocycles. The van der Waals surface area contributed by atoms with Gasteiger partial charge in [0.05, 0.1) is 46.8 Å². The molecule has 0 saturated carbocycles. The Labute approximate surface area is 142 Å². The van der Waals surface area contributed by atoms with E-state index in [4.69, 9.17) is 9.15 Å². The first kappa shape index (κ1) is 13.6. The van der Waals surface area contributed by atoms with Crippen LogP contribution in [0.5, 0.6) is 5.75 Å². The quantitative estimate of drug-likeness (QED) is 0.477. The van der Waals surface area contributed by atoms with Gasteiger partial charge in [0.1, 0.15) is 16.5 Å². The van der Waals surface area contributed by atoms with E-state index in [9.17, 15) is 4.79 Å². The van der Waals surface area contributed by atoms with Crippen molar-refractivity contribution in [2.45, 2.75) is 0 Å². The summed E-state index contributed by atoms with van der Waals surface area (Å²) < 4.78 is 13.9. The molecule has 0 atom stereocenters. The molecule has 24 heavy (non-hydrogen) atoms. The van der Waals surface area contributed by atoms with Crippen LogP contribution >= 0.6 is 15.9 Å². The zero-order valence-electron chi connectivity index (χ0n) is 12.5. The molecule has 0 bridgehead atoms. The summed E-state index contributed by atoms with van der Waals surface area (Å²) in [5.41, 5.74) is 3.34. The fourth-order valence-corrected chi connectivity index (χ4v) is 3.95. The molecule has 0 aliphatic heterocycles. The lowest BCUT2D eigenvalue weighted by Gasteiger charge is -2.12. The van der Waals surface area contributed by atoms with Crippen LogP contribution in [-0.2, 0) is 0 Å². The molecule has 0 unspecified atom stereocenters. The van der Waals surface area contributed by atoms with E-state index >= 15 is 0 Å². The minimum Gasteiger partial charge on any atom is -0.493 e. The van der Waals surface area contributed by atoms with Crippen LogP contribution < -0.4 is 10.3 Å². The van der Waals surface area contributed by atoms with Gasteiger partial charge < -0.3 is 18.5 Å². The molecule has 0 aromatic carbocycles. The average Bonchev–Trinajstić information content (AvgIpc) is 2.85. The first-order valence-electron chi connectivity index (χ1n) is 7.24. The number of nitrogens with one attached hydrogen (secondary N) is 1. The summed E-state index contributed by atoms with van der Waals surface area (Å²) in [5, 5.41) is 1.32. The third-order valence-electron chi connectivity index (χ3n) is 4.25. The maximum absolute atomic E-state index is 12.7. The second-order valence-electron chi connectivity index (χ2n) is 5.49. The maximum atomic E-state index is 12.7. The summed E-state index contributed by atoms with van der Waals surface area (Å²) in [6.45, 7) is 0. The van der Waals surface area contributed by atoms with E-state index in [1.54, 1.807) is 31.8 Å². The van der Waals surface area contributed by atoms with E-state index in [1.807, 2.05) is 16.5 Å². The number of hydrogen-bond acceptors (Lipinski definition) is 4. The molecule has 6 nitrogen and oxygen atoms in total. The van der Waals surface area contributed by atoms with Gasteiger partial charge in [0, 0.05) is 5.39 Å². The van der Waals surface area contributed by atoms with Crippen LogP contribution in [0.4, 0.5) is 0 Å². The van der Waals surface area contributed by atoms with Crippen molar-refractivity contribution in [3.05, 3.63) is 51.7 Å². The van der Waals surface area contributed by atoms with Crippen molar-refractivity contribution in [3.63, 3.8) is 0 Å². The standard InChI is InChI=1S/C17H10BrN3O3/c1-23-16-10-7-19-6-9-5-8-3-2-4-24-15(8)11-14(21(9)10)13(12(16)18)20-17(11)22/h2-7H,1H3,(H,20,22). The number of ether oxygens (including phenoxy) is 1. The number of pyridine rings is 1. The predicted octanol–water partition coefficient (Wildman–Crippen LogP) is 3.85. The van der Waals surface area contributed by atoms with Gasteiger partial charge in [-0.3, -0.25) is 9.78 Å². The minimum absolute atomic E-state index is 0.206. The van der Waals surface area contributed by atoms with Gasteiger partial charge in [0.25, 0.3) is 5.56 Å². The first-order chi connectivity index (χ1) is 11.7. The van der Waals surface area contributed by atoms with E-state index in [1.165, 1.54) is 0 Å². The first-order valence-corrected chi connectivity index (χ1v) is 8.04. The fourth-order valence-electron chi connectivity index (χ4n) is 3.30. The number of rotatable bonds is 1. The molecular formula is C17H10BrN3O3. The van der Waals surface area contributed by atoms with Crippen LogP contribution in [0, 0.1) is 0 Å². The number of fused-ring (bicyclic) bond motifs is 2. The molecule has 0 fully saturated rings. The Morgan fingerprint density at radius 3 is 3.08 bits per heavy atom. The Morgan fingerprint density at radius 1 is 1.38 bits per heavy atom. The number of aromatic amines is 1. The summed E-state index contributed by atoms with van der Waals surface area (Å²) in [5.74, 6) is 0.612. The van der Waals surface area contributed by atoms with Gasteiger partial charge in [0.2, 0.25) is 0 Å². The topological polar surface area (TPSA) is 72.5 Å². The largest absolute Gasteiger partial charge is 0.493 e. The summed E-state index contributed by atoms with van der Waals surface area (Å²) >= 11 is 3.55. The van der Waals surface area contributed by atoms with Gasteiger partial charge >= 0.3 is 0 Å². The molecule has 1 N–H and O–H groups in total. The molecule has 0 amide bonds. The molecule has 5 aromatic rings. The van der Waals surface area contributed by atoms with Crippen LogP contribution in [0.2, 0.25) is 0 Å². The van der Waals surface area contributed by atoms with Crippen LogP contribution in [-0.4, -0.2) is 21.5 Å². The van der Waals surface area contributed by atoms with Gasteiger partial charge in [-0.05, 0) is 34.1 Å². The Kier molecular flexibility index (Phi) is 2.62. The van der Waals surface area contributed by atoms with Crippen molar-refractivity contribution in [1.82, 2.24) is 14.4 Å². The number of methoxy groups -OCH3 is 1. The van der Waals surface area contributed by atoms with E-state index in [0.717, 1.165) is 21.9 Å². The second kappa shape index (κ2) is 4.61. The summed E-state index contributed by atoms with van der Waals surface area (Å²) in [6.07, 6.45) is 5.04. The van der Waals surface area contributed by atoms with E-state index in [2.05, 4.69) is 25.9 Å². The Balaban J connectivity index is 2.32. The molecule has 118 valence electrons. The maximum Gasteiger partial charge on any atom is 0.261 e. The van der Waals surface area contributed by atoms with Crippen molar-refractivity contribution >= 4 is 54.4 Å². The molecular weight excluding hydrogens is 374 g/mol. The van der Waals surface area contributed by atoms with Crippen LogP contribution in [0.1, 0.15) is 0 Å². The van der Waals surface area contributed by atoms with Gasteiger partial charge in [-0.1, -0.05) is 0 Å². The highest BCUT2D eigenvalue weighted by atomic mass is 79.9. The summed E-state index contributed by atoms with van der Waals surface area (Å²) in [7, 11) is 1.59. The number of halogens is 1. The Bertz CT molecular complexity index is 1330. The molecule has 5 heterocycles. The number of aromatic nitrogens is 3. The van der Waals surface area contributed by atoms with Crippen molar-refractivity contribution in [3.8, 4) is 5.75 Å². The highest BCUT2D eigenvalue weighted by Crippen LogP contribution is 2.39. The Hall–Kier alpha value is -2.80.